The standard InChI is InChI=1S/C28H30N4O7/c1-28(2,3)38-26(35)30-22-15-14-20(32(39-22)27(36)37-17-19-12-8-5-9-13-19)24-23(25(34)31(24)30)29-21(33)16-18-10-6-4-7-11-18/h4-15,20,22-24H,16-17H2,1-3H3,(H,29,33)/t20-,22+,23-,24+/m0/s1. The lowest BCUT2D eigenvalue weighted by Gasteiger charge is -2.50. The summed E-state index contributed by atoms with van der Waals surface area (Å²) in [5.41, 5.74) is 0.708. The Balaban J connectivity index is 1.39. The van der Waals surface area contributed by atoms with Crippen molar-refractivity contribution >= 4 is 24.0 Å². The van der Waals surface area contributed by atoms with E-state index in [1.807, 2.05) is 60.7 Å². The number of ether oxygens (including phenoxy) is 2. The van der Waals surface area contributed by atoms with Crippen molar-refractivity contribution in [2.24, 2.45) is 0 Å². The Morgan fingerprint density at radius 2 is 1.56 bits per heavy atom. The zero-order chi connectivity index (χ0) is 27.7. The number of hydrogen-bond donors (Lipinski definition) is 1. The Bertz CT molecular complexity index is 1280. The van der Waals surface area contributed by atoms with Crippen molar-refractivity contribution in [1.82, 2.24) is 20.4 Å². The highest BCUT2D eigenvalue weighted by atomic mass is 16.8. The average molecular weight is 535 g/mol. The van der Waals surface area contributed by atoms with E-state index < -0.39 is 48.0 Å². The van der Waals surface area contributed by atoms with Gasteiger partial charge in [-0.15, -0.1) is 0 Å². The van der Waals surface area contributed by atoms with E-state index >= 15 is 0 Å². The van der Waals surface area contributed by atoms with Crippen LogP contribution in [0.25, 0.3) is 0 Å². The normalized spacial score (nSPS) is 23.5. The molecule has 0 spiro atoms. The minimum atomic E-state index is -1.14. The summed E-state index contributed by atoms with van der Waals surface area (Å²) in [6.07, 6.45) is 0.542. The second-order valence-corrected chi connectivity index (χ2v) is 10.4. The zero-order valence-corrected chi connectivity index (χ0v) is 21.9. The number of rotatable bonds is 5. The van der Waals surface area contributed by atoms with Crippen LogP contribution in [0.15, 0.2) is 72.8 Å². The van der Waals surface area contributed by atoms with Crippen molar-refractivity contribution < 1.29 is 33.5 Å². The highest BCUT2D eigenvalue weighted by Gasteiger charge is 2.62. The molecule has 11 heteroatoms. The molecule has 204 valence electrons. The molecule has 0 unspecified atom stereocenters. The quantitative estimate of drug-likeness (QED) is 0.463. The second kappa shape index (κ2) is 10.4. The Hall–Kier alpha value is -4.38. The number of carbonyl (C=O) groups is 4. The number of nitrogens with zero attached hydrogens (tertiary/aromatic N) is 3. The number of hydroxylamine groups is 2. The van der Waals surface area contributed by atoms with Gasteiger partial charge in [0.25, 0.3) is 5.91 Å². The van der Waals surface area contributed by atoms with Crippen molar-refractivity contribution in [1.29, 1.82) is 0 Å². The minimum absolute atomic E-state index is 0.000958. The van der Waals surface area contributed by atoms with Gasteiger partial charge in [0.2, 0.25) is 12.1 Å². The lowest BCUT2D eigenvalue weighted by molar-refractivity contribution is -0.219. The fourth-order valence-electron chi connectivity index (χ4n) is 4.70. The van der Waals surface area contributed by atoms with Crippen molar-refractivity contribution in [2.75, 3.05) is 0 Å². The molecule has 6 rings (SSSR count). The third kappa shape index (κ3) is 5.44. The molecule has 1 N–H and O–H groups in total. The zero-order valence-electron chi connectivity index (χ0n) is 21.9. The van der Waals surface area contributed by atoms with Gasteiger partial charge >= 0.3 is 12.2 Å². The van der Waals surface area contributed by atoms with Gasteiger partial charge < -0.3 is 14.8 Å². The molecule has 4 amide bonds. The van der Waals surface area contributed by atoms with Crippen LogP contribution < -0.4 is 5.32 Å². The van der Waals surface area contributed by atoms with E-state index in [1.165, 1.54) is 5.01 Å². The molecular formula is C28H30N4O7. The predicted octanol–water partition coefficient (Wildman–Crippen LogP) is 2.93. The summed E-state index contributed by atoms with van der Waals surface area (Å²) < 4.78 is 11.0. The molecule has 2 aromatic rings. The summed E-state index contributed by atoms with van der Waals surface area (Å²) in [6, 6.07) is 15.6. The molecule has 4 atom stereocenters. The van der Waals surface area contributed by atoms with Gasteiger partial charge in [-0.05, 0) is 38.0 Å². The molecule has 11 nitrogen and oxygen atoms in total. The molecule has 2 fully saturated rings. The molecule has 0 aliphatic carbocycles. The number of hydrazine groups is 1. The van der Waals surface area contributed by atoms with Crippen LogP contribution >= 0.6 is 0 Å². The van der Waals surface area contributed by atoms with Gasteiger partial charge in [-0.25, -0.2) is 19.4 Å². The van der Waals surface area contributed by atoms with Gasteiger partial charge in [-0.2, -0.15) is 10.1 Å². The number of fused-ring (bicyclic) bond motifs is 1. The fraction of sp³-hybridized carbons (Fsp3) is 0.357. The monoisotopic (exact) mass is 534 g/mol. The van der Waals surface area contributed by atoms with E-state index in [2.05, 4.69) is 5.32 Å². The number of carbonyl (C=O) groups excluding carboxylic acids is 4. The number of benzene rings is 2. The summed E-state index contributed by atoms with van der Waals surface area (Å²) >= 11 is 0. The van der Waals surface area contributed by atoms with Crippen LogP contribution in [0.3, 0.4) is 0 Å². The van der Waals surface area contributed by atoms with Crippen LogP contribution in [-0.2, 0) is 36.9 Å². The molecule has 0 radical (unpaired) electrons. The maximum atomic E-state index is 13.4. The molecule has 4 heterocycles. The van der Waals surface area contributed by atoms with Gasteiger partial charge in [0.05, 0.1) is 6.42 Å². The Morgan fingerprint density at radius 1 is 0.923 bits per heavy atom. The number of amides is 4. The van der Waals surface area contributed by atoms with Crippen molar-refractivity contribution in [2.45, 2.75) is 63.8 Å². The van der Waals surface area contributed by atoms with Crippen LogP contribution in [0.4, 0.5) is 9.59 Å². The maximum Gasteiger partial charge on any atom is 0.435 e. The van der Waals surface area contributed by atoms with Crippen molar-refractivity contribution in [3.05, 3.63) is 83.9 Å². The maximum absolute atomic E-state index is 13.4. The molecule has 0 saturated carbocycles. The molecule has 0 aromatic heterocycles. The SMILES string of the molecule is CC(C)(C)OC(=O)N1[C@H]2C=C[C@@H]([C@@H]3[C@H](NC(=O)Cc4ccccc4)C(=O)N31)N(C(=O)OCc1ccccc1)O2. The fourth-order valence-corrected chi connectivity index (χ4v) is 4.70. The largest absolute Gasteiger partial charge is 0.443 e. The topological polar surface area (TPSA) is 118 Å². The van der Waals surface area contributed by atoms with E-state index in [0.717, 1.165) is 21.2 Å². The van der Waals surface area contributed by atoms with Crippen LogP contribution in [0.1, 0.15) is 31.9 Å². The molecular weight excluding hydrogens is 504 g/mol. The van der Waals surface area contributed by atoms with Crippen molar-refractivity contribution in [3.63, 3.8) is 0 Å². The first-order chi connectivity index (χ1) is 18.6. The van der Waals surface area contributed by atoms with E-state index in [4.69, 9.17) is 14.3 Å². The first kappa shape index (κ1) is 26.2. The Morgan fingerprint density at radius 3 is 2.21 bits per heavy atom. The summed E-state index contributed by atoms with van der Waals surface area (Å²) in [5, 5.41) is 6.02. The summed E-state index contributed by atoms with van der Waals surface area (Å²) in [4.78, 5) is 58.5. The summed E-state index contributed by atoms with van der Waals surface area (Å²) in [6.45, 7) is 5.10. The molecule has 2 aromatic carbocycles. The highest BCUT2D eigenvalue weighted by Crippen LogP contribution is 2.38. The Kier molecular flexibility index (Phi) is 7.00. The average Bonchev–Trinajstić information content (AvgIpc) is 3.13. The van der Waals surface area contributed by atoms with Crippen LogP contribution in [0, 0.1) is 0 Å². The summed E-state index contributed by atoms with van der Waals surface area (Å²) in [7, 11) is 0. The predicted molar refractivity (Wildman–Crippen MR) is 137 cm³/mol. The Labute approximate surface area is 225 Å². The van der Waals surface area contributed by atoms with E-state index in [0.29, 0.717) is 0 Å². The van der Waals surface area contributed by atoms with E-state index in [9.17, 15) is 19.2 Å². The molecule has 4 aliphatic heterocycles. The van der Waals surface area contributed by atoms with Gasteiger partial charge in [0, 0.05) is 0 Å². The number of nitrogens with one attached hydrogen (secondary N) is 1. The summed E-state index contributed by atoms with van der Waals surface area (Å²) in [5.74, 6) is -0.890. The van der Waals surface area contributed by atoms with E-state index in [-0.39, 0.29) is 18.9 Å². The van der Waals surface area contributed by atoms with Crippen LogP contribution in [0.5, 0.6) is 0 Å². The lowest BCUT2D eigenvalue weighted by Crippen LogP contribution is -2.78. The molecule has 2 bridgehead atoms. The highest BCUT2D eigenvalue weighted by molar-refractivity contribution is 5.95. The molecule has 2 saturated heterocycles. The van der Waals surface area contributed by atoms with Gasteiger partial charge in [0.1, 0.15) is 30.3 Å². The first-order valence-corrected chi connectivity index (χ1v) is 12.7. The third-order valence-corrected chi connectivity index (χ3v) is 6.39. The van der Waals surface area contributed by atoms with Gasteiger partial charge in [-0.3, -0.25) is 9.59 Å². The first-order valence-electron chi connectivity index (χ1n) is 12.7. The van der Waals surface area contributed by atoms with Crippen LogP contribution in [0.2, 0.25) is 0 Å². The van der Waals surface area contributed by atoms with Crippen LogP contribution in [-0.4, -0.2) is 69.0 Å². The van der Waals surface area contributed by atoms with Crippen molar-refractivity contribution in [3.8, 4) is 0 Å². The van der Waals surface area contributed by atoms with Gasteiger partial charge in [0.15, 0.2) is 0 Å². The molecule has 4 aliphatic rings. The lowest BCUT2D eigenvalue weighted by atomic mass is 9.89. The molecule has 39 heavy (non-hydrogen) atoms. The second-order valence-electron chi connectivity index (χ2n) is 10.4. The third-order valence-electron chi connectivity index (χ3n) is 6.39. The minimum Gasteiger partial charge on any atom is -0.443 e. The van der Waals surface area contributed by atoms with E-state index in [1.54, 1.807) is 32.9 Å². The number of β-lactam (4-membered cyclic amide) rings is 1. The smallest absolute Gasteiger partial charge is 0.435 e. The number of hydrogen-bond acceptors (Lipinski definition) is 7. The van der Waals surface area contributed by atoms with Gasteiger partial charge in [-0.1, -0.05) is 66.7 Å².